The molecule has 88 valence electrons. The molecule has 0 spiro atoms. The van der Waals surface area contributed by atoms with Gasteiger partial charge in [0.2, 0.25) is 0 Å². The number of ether oxygens (including phenoxy) is 1. The van der Waals surface area contributed by atoms with Gasteiger partial charge in [-0.1, -0.05) is 38.5 Å². The van der Waals surface area contributed by atoms with Crippen molar-refractivity contribution < 1.29 is 4.74 Å². The predicted molar refractivity (Wildman–Crippen MR) is 65.9 cm³/mol. The first-order valence-corrected chi connectivity index (χ1v) is 6.75. The standard InChI is InChI=1S/C14H26O/c1-2-15-14-12-10-8-6-4-3-5-7-9-11-13-14/h12H,2-11,13H2,1H3. The first kappa shape index (κ1) is 12.6. The van der Waals surface area contributed by atoms with Gasteiger partial charge in [0.15, 0.2) is 0 Å². The molecule has 0 bridgehead atoms. The van der Waals surface area contributed by atoms with E-state index in [0.717, 1.165) is 13.0 Å². The first-order valence-electron chi connectivity index (χ1n) is 6.75. The summed E-state index contributed by atoms with van der Waals surface area (Å²) in [6.07, 6.45) is 15.9. The number of hydrogen-bond acceptors (Lipinski definition) is 1. The van der Waals surface area contributed by atoms with E-state index < -0.39 is 0 Å². The number of allylic oxidation sites excluding steroid dienone is 2. The van der Waals surface area contributed by atoms with E-state index in [9.17, 15) is 0 Å². The van der Waals surface area contributed by atoms with Crippen molar-refractivity contribution in [2.45, 2.75) is 71.1 Å². The highest BCUT2D eigenvalue weighted by Gasteiger charge is 2.00. The highest BCUT2D eigenvalue weighted by Crippen LogP contribution is 2.17. The fraction of sp³-hybridized carbons (Fsp3) is 0.857. The van der Waals surface area contributed by atoms with E-state index in [-0.39, 0.29) is 0 Å². The Hall–Kier alpha value is -0.460. The molecule has 1 heteroatoms. The third-order valence-electron chi connectivity index (χ3n) is 3.08. The van der Waals surface area contributed by atoms with Crippen molar-refractivity contribution in [2.75, 3.05) is 6.61 Å². The lowest BCUT2D eigenvalue weighted by atomic mass is 10.0. The van der Waals surface area contributed by atoms with Gasteiger partial charge in [0.1, 0.15) is 0 Å². The Kier molecular flexibility index (Phi) is 7.41. The smallest absolute Gasteiger partial charge is 0.0919 e. The molecule has 1 rings (SSSR count). The lowest BCUT2D eigenvalue weighted by Crippen LogP contribution is -1.93. The van der Waals surface area contributed by atoms with Crippen LogP contribution in [0.2, 0.25) is 0 Å². The molecule has 0 atom stereocenters. The van der Waals surface area contributed by atoms with Crippen molar-refractivity contribution >= 4 is 0 Å². The molecule has 0 aliphatic heterocycles. The lowest BCUT2D eigenvalue weighted by molar-refractivity contribution is 0.214. The highest BCUT2D eigenvalue weighted by molar-refractivity contribution is 4.93. The molecule has 1 nitrogen and oxygen atoms in total. The van der Waals surface area contributed by atoms with Gasteiger partial charge in [0, 0.05) is 6.42 Å². The summed E-state index contributed by atoms with van der Waals surface area (Å²) >= 11 is 0. The van der Waals surface area contributed by atoms with Gasteiger partial charge in [0.05, 0.1) is 12.4 Å². The molecule has 0 aromatic carbocycles. The van der Waals surface area contributed by atoms with Crippen LogP contribution in [-0.4, -0.2) is 6.61 Å². The minimum absolute atomic E-state index is 0.825. The van der Waals surface area contributed by atoms with Crippen LogP contribution in [-0.2, 0) is 4.74 Å². The SMILES string of the molecule is CCOC1=CCCCCCCCCCC1. The van der Waals surface area contributed by atoms with Crippen molar-refractivity contribution in [3.63, 3.8) is 0 Å². The van der Waals surface area contributed by atoms with Crippen LogP contribution in [0.5, 0.6) is 0 Å². The summed E-state index contributed by atoms with van der Waals surface area (Å²) in [7, 11) is 0. The van der Waals surface area contributed by atoms with Gasteiger partial charge < -0.3 is 4.74 Å². The topological polar surface area (TPSA) is 9.23 Å². The van der Waals surface area contributed by atoms with Crippen LogP contribution in [0.3, 0.4) is 0 Å². The maximum absolute atomic E-state index is 5.65. The normalized spacial score (nSPS) is 21.0. The maximum Gasteiger partial charge on any atom is 0.0919 e. The summed E-state index contributed by atoms with van der Waals surface area (Å²) in [4.78, 5) is 0. The quantitative estimate of drug-likeness (QED) is 0.635. The molecule has 0 aromatic heterocycles. The largest absolute Gasteiger partial charge is 0.499 e. The van der Waals surface area contributed by atoms with Gasteiger partial charge in [0.25, 0.3) is 0 Å². The molecule has 0 unspecified atom stereocenters. The molecule has 0 radical (unpaired) electrons. The first-order chi connectivity index (χ1) is 7.43. The second kappa shape index (κ2) is 8.82. The molecule has 0 saturated carbocycles. The molecular weight excluding hydrogens is 184 g/mol. The van der Waals surface area contributed by atoms with E-state index in [4.69, 9.17) is 4.74 Å². The zero-order valence-corrected chi connectivity index (χ0v) is 10.3. The summed E-state index contributed by atoms with van der Waals surface area (Å²) in [6.45, 7) is 2.91. The fourth-order valence-electron chi connectivity index (χ4n) is 2.19. The lowest BCUT2D eigenvalue weighted by Gasteiger charge is -2.10. The third kappa shape index (κ3) is 6.59. The summed E-state index contributed by atoms with van der Waals surface area (Å²) in [5, 5.41) is 0. The van der Waals surface area contributed by atoms with E-state index in [0.29, 0.717) is 0 Å². The Morgan fingerprint density at radius 3 is 2.20 bits per heavy atom. The van der Waals surface area contributed by atoms with Crippen LogP contribution < -0.4 is 0 Å². The van der Waals surface area contributed by atoms with Gasteiger partial charge >= 0.3 is 0 Å². The number of rotatable bonds is 2. The van der Waals surface area contributed by atoms with E-state index in [1.807, 2.05) is 0 Å². The monoisotopic (exact) mass is 210 g/mol. The van der Waals surface area contributed by atoms with Gasteiger partial charge in [-0.25, -0.2) is 0 Å². The Balaban J connectivity index is 2.31. The van der Waals surface area contributed by atoms with E-state index in [1.165, 1.54) is 63.5 Å². The second-order valence-corrected chi connectivity index (χ2v) is 4.47. The third-order valence-corrected chi connectivity index (χ3v) is 3.08. The zero-order chi connectivity index (χ0) is 10.8. The minimum atomic E-state index is 0.825. The summed E-state index contributed by atoms with van der Waals surface area (Å²) < 4.78 is 5.65. The molecular formula is C14H26O. The second-order valence-electron chi connectivity index (χ2n) is 4.47. The van der Waals surface area contributed by atoms with E-state index in [1.54, 1.807) is 0 Å². The van der Waals surface area contributed by atoms with Gasteiger partial charge in [-0.05, 0) is 32.3 Å². The van der Waals surface area contributed by atoms with E-state index >= 15 is 0 Å². The van der Waals surface area contributed by atoms with E-state index in [2.05, 4.69) is 13.0 Å². The van der Waals surface area contributed by atoms with Crippen LogP contribution in [0, 0.1) is 0 Å². The van der Waals surface area contributed by atoms with Crippen LogP contribution in [0.15, 0.2) is 11.8 Å². The molecule has 0 fully saturated rings. The molecule has 1 aliphatic rings. The minimum Gasteiger partial charge on any atom is -0.499 e. The Morgan fingerprint density at radius 2 is 1.53 bits per heavy atom. The average molecular weight is 210 g/mol. The van der Waals surface area contributed by atoms with Crippen molar-refractivity contribution in [1.29, 1.82) is 0 Å². The summed E-state index contributed by atoms with van der Waals surface area (Å²) in [5.41, 5.74) is 0. The van der Waals surface area contributed by atoms with Gasteiger partial charge in [-0.2, -0.15) is 0 Å². The Labute approximate surface area is 94.9 Å². The zero-order valence-electron chi connectivity index (χ0n) is 10.3. The molecule has 0 saturated heterocycles. The maximum atomic E-state index is 5.65. The van der Waals surface area contributed by atoms with Crippen LogP contribution in [0.25, 0.3) is 0 Å². The van der Waals surface area contributed by atoms with Crippen LogP contribution in [0.4, 0.5) is 0 Å². The summed E-state index contributed by atoms with van der Waals surface area (Å²) in [5.74, 6) is 1.25. The van der Waals surface area contributed by atoms with Crippen LogP contribution >= 0.6 is 0 Å². The Bertz CT molecular complexity index is 172. The fourth-order valence-corrected chi connectivity index (χ4v) is 2.19. The number of hydrogen-bond donors (Lipinski definition) is 0. The molecule has 1 aliphatic carbocycles. The average Bonchev–Trinajstić information content (AvgIpc) is 2.22. The van der Waals surface area contributed by atoms with Crippen molar-refractivity contribution in [2.24, 2.45) is 0 Å². The van der Waals surface area contributed by atoms with Gasteiger partial charge in [-0.3, -0.25) is 0 Å². The van der Waals surface area contributed by atoms with Crippen LogP contribution in [0.1, 0.15) is 71.1 Å². The summed E-state index contributed by atoms with van der Waals surface area (Å²) in [6, 6.07) is 0. The molecule has 0 N–H and O–H groups in total. The molecule has 0 aromatic rings. The van der Waals surface area contributed by atoms with Gasteiger partial charge in [-0.15, -0.1) is 0 Å². The molecule has 0 amide bonds. The van der Waals surface area contributed by atoms with Crippen molar-refractivity contribution in [3.05, 3.63) is 11.8 Å². The van der Waals surface area contributed by atoms with Crippen molar-refractivity contribution in [3.8, 4) is 0 Å². The van der Waals surface area contributed by atoms with Crippen molar-refractivity contribution in [1.82, 2.24) is 0 Å². The highest BCUT2D eigenvalue weighted by atomic mass is 16.5. The predicted octanol–water partition coefficient (Wildman–Crippen LogP) is 4.82. The molecule has 0 heterocycles. The molecule has 15 heavy (non-hydrogen) atoms. The Morgan fingerprint density at radius 1 is 0.933 bits per heavy atom.